The van der Waals surface area contributed by atoms with Crippen LogP contribution in [-0.2, 0) is 0 Å². The van der Waals surface area contributed by atoms with Gasteiger partial charge in [-0.2, -0.15) is 0 Å². The smallest absolute Gasteiger partial charge is 0.270 e. The monoisotopic (exact) mass is 294 g/mol. The summed E-state index contributed by atoms with van der Waals surface area (Å²) in [4.78, 5) is 26.6. The molecule has 4 heteroatoms. The summed E-state index contributed by atoms with van der Waals surface area (Å²) in [6.45, 7) is 1.55. The molecule has 0 N–H and O–H groups in total. The molecular formula is C18H18N2O2. The zero-order valence-corrected chi connectivity index (χ0v) is 12.3. The van der Waals surface area contributed by atoms with E-state index in [2.05, 4.69) is 0 Å². The van der Waals surface area contributed by atoms with Crippen molar-refractivity contribution in [1.29, 1.82) is 0 Å². The molecule has 0 aliphatic carbocycles. The van der Waals surface area contributed by atoms with Gasteiger partial charge in [0.15, 0.2) is 0 Å². The molecule has 2 aromatic rings. The second kappa shape index (κ2) is 6.43. The lowest BCUT2D eigenvalue weighted by Gasteiger charge is -2.15. The normalized spacial score (nSPS) is 14.6. The number of hydrogen-bond acceptors (Lipinski definition) is 2. The number of benzene rings is 1. The maximum absolute atomic E-state index is 12.4. The van der Waals surface area contributed by atoms with Crippen LogP contribution < -0.4 is 0 Å². The minimum atomic E-state index is -0.212. The summed E-state index contributed by atoms with van der Waals surface area (Å²) in [6, 6.07) is 13.1. The molecule has 1 saturated heterocycles. The molecule has 0 radical (unpaired) electrons. The number of carbonyl (C=O) groups is 2. The SMILES string of the molecule is O=C(c1cccn1C(=O)/C=C/c1ccccc1)N1CCCC1. The molecule has 0 atom stereocenters. The molecule has 0 saturated carbocycles. The van der Waals surface area contributed by atoms with Crippen molar-refractivity contribution in [3.63, 3.8) is 0 Å². The van der Waals surface area contributed by atoms with E-state index < -0.39 is 0 Å². The van der Waals surface area contributed by atoms with Crippen molar-refractivity contribution in [3.8, 4) is 0 Å². The Morgan fingerprint density at radius 1 is 0.955 bits per heavy atom. The molecule has 22 heavy (non-hydrogen) atoms. The molecule has 1 amide bonds. The molecule has 3 rings (SSSR count). The van der Waals surface area contributed by atoms with Crippen LogP contribution in [0.15, 0.2) is 54.7 Å². The van der Waals surface area contributed by atoms with E-state index in [1.807, 2.05) is 30.3 Å². The molecule has 1 aliphatic rings. The van der Waals surface area contributed by atoms with E-state index >= 15 is 0 Å². The van der Waals surface area contributed by atoms with Crippen LogP contribution in [-0.4, -0.2) is 34.4 Å². The second-order valence-electron chi connectivity index (χ2n) is 5.34. The van der Waals surface area contributed by atoms with Crippen LogP contribution in [0.1, 0.15) is 33.7 Å². The van der Waals surface area contributed by atoms with Gasteiger partial charge in [0.1, 0.15) is 5.69 Å². The minimum Gasteiger partial charge on any atom is -0.337 e. The summed E-state index contributed by atoms with van der Waals surface area (Å²) < 4.78 is 1.42. The predicted octanol–water partition coefficient (Wildman–Crippen LogP) is 3.08. The summed E-state index contributed by atoms with van der Waals surface area (Å²) in [5.74, 6) is -0.277. The fourth-order valence-electron chi connectivity index (χ4n) is 2.64. The quantitative estimate of drug-likeness (QED) is 0.816. The zero-order chi connectivity index (χ0) is 15.4. The minimum absolute atomic E-state index is 0.0658. The van der Waals surface area contributed by atoms with Gasteiger partial charge in [-0.1, -0.05) is 30.3 Å². The van der Waals surface area contributed by atoms with E-state index in [9.17, 15) is 9.59 Å². The number of likely N-dealkylation sites (tertiary alicyclic amines) is 1. The Morgan fingerprint density at radius 3 is 2.41 bits per heavy atom. The third-order valence-corrected chi connectivity index (χ3v) is 3.82. The van der Waals surface area contributed by atoms with E-state index in [0.717, 1.165) is 31.5 Å². The third kappa shape index (κ3) is 3.01. The maximum atomic E-state index is 12.4. The first-order valence-corrected chi connectivity index (χ1v) is 7.50. The molecule has 2 heterocycles. The molecule has 112 valence electrons. The van der Waals surface area contributed by atoms with Crippen LogP contribution in [0.2, 0.25) is 0 Å². The summed E-state index contributed by atoms with van der Waals surface area (Å²) >= 11 is 0. The van der Waals surface area contributed by atoms with Crippen molar-refractivity contribution >= 4 is 17.9 Å². The number of nitrogens with zero attached hydrogens (tertiary/aromatic N) is 2. The van der Waals surface area contributed by atoms with Crippen LogP contribution in [0.5, 0.6) is 0 Å². The van der Waals surface area contributed by atoms with Gasteiger partial charge in [0.25, 0.3) is 11.8 Å². The van der Waals surface area contributed by atoms with E-state index in [0.29, 0.717) is 5.69 Å². The van der Waals surface area contributed by atoms with Gasteiger partial charge in [-0.05, 0) is 36.6 Å². The number of allylic oxidation sites excluding steroid dienone is 1. The topological polar surface area (TPSA) is 42.3 Å². The largest absolute Gasteiger partial charge is 0.337 e. The molecule has 4 nitrogen and oxygen atoms in total. The van der Waals surface area contributed by atoms with E-state index in [1.165, 1.54) is 10.6 Å². The average molecular weight is 294 g/mol. The maximum Gasteiger partial charge on any atom is 0.270 e. The molecule has 0 unspecified atom stereocenters. The molecule has 1 aromatic heterocycles. The molecule has 1 aliphatic heterocycles. The Hall–Kier alpha value is -2.62. The number of carbonyl (C=O) groups excluding carboxylic acids is 2. The number of hydrogen-bond donors (Lipinski definition) is 0. The Labute approximate surface area is 129 Å². The number of aromatic nitrogens is 1. The summed E-state index contributed by atoms with van der Waals surface area (Å²) in [7, 11) is 0. The summed E-state index contributed by atoms with van der Waals surface area (Å²) in [6.07, 6.45) is 6.96. The molecule has 1 aromatic carbocycles. The first kappa shape index (κ1) is 14.3. The molecule has 0 bridgehead atoms. The van der Waals surface area contributed by atoms with Gasteiger partial charge < -0.3 is 4.90 Å². The highest BCUT2D eigenvalue weighted by atomic mass is 16.2. The van der Waals surface area contributed by atoms with Crippen LogP contribution in [0.4, 0.5) is 0 Å². The molecule has 1 fully saturated rings. The van der Waals surface area contributed by atoms with Gasteiger partial charge in [-0.3, -0.25) is 14.2 Å². The van der Waals surface area contributed by atoms with E-state index in [-0.39, 0.29) is 11.8 Å². The van der Waals surface area contributed by atoms with Gasteiger partial charge in [-0.15, -0.1) is 0 Å². The number of rotatable bonds is 3. The van der Waals surface area contributed by atoms with Crippen molar-refractivity contribution in [3.05, 3.63) is 66.0 Å². The van der Waals surface area contributed by atoms with Crippen molar-refractivity contribution in [2.75, 3.05) is 13.1 Å². The van der Waals surface area contributed by atoms with Gasteiger partial charge in [0.05, 0.1) is 0 Å². The standard InChI is InChI=1S/C18H18N2O2/c21-17(11-10-15-7-2-1-3-8-15)20-14-6-9-16(20)18(22)19-12-4-5-13-19/h1-3,6-11,14H,4-5,12-13H2/b11-10+. The lowest BCUT2D eigenvalue weighted by atomic mass is 10.2. The average Bonchev–Trinajstić information content (AvgIpc) is 3.24. The lowest BCUT2D eigenvalue weighted by molar-refractivity contribution is 0.0770. The molecular weight excluding hydrogens is 276 g/mol. The van der Waals surface area contributed by atoms with Crippen LogP contribution >= 0.6 is 0 Å². The van der Waals surface area contributed by atoms with Gasteiger partial charge >= 0.3 is 0 Å². The van der Waals surface area contributed by atoms with Crippen molar-refractivity contribution in [2.24, 2.45) is 0 Å². The Balaban J connectivity index is 1.77. The Morgan fingerprint density at radius 2 is 1.68 bits per heavy atom. The highest BCUT2D eigenvalue weighted by Gasteiger charge is 2.22. The van der Waals surface area contributed by atoms with Crippen molar-refractivity contribution < 1.29 is 9.59 Å². The Bertz CT molecular complexity index is 695. The lowest BCUT2D eigenvalue weighted by Crippen LogP contribution is -2.30. The van der Waals surface area contributed by atoms with E-state index in [4.69, 9.17) is 0 Å². The van der Waals surface area contributed by atoms with Crippen LogP contribution in [0, 0.1) is 0 Å². The van der Waals surface area contributed by atoms with Gasteiger partial charge in [0.2, 0.25) is 0 Å². The van der Waals surface area contributed by atoms with Gasteiger partial charge in [0, 0.05) is 25.4 Å². The molecule has 0 spiro atoms. The Kier molecular flexibility index (Phi) is 4.19. The summed E-state index contributed by atoms with van der Waals surface area (Å²) in [5, 5.41) is 0. The fraction of sp³-hybridized carbons (Fsp3) is 0.222. The first-order valence-electron chi connectivity index (χ1n) is 7.50. The van der Waals surface area contributed by atoms with Crippen molar-refractivity contribution in [1.82, 2.24) is 9.47 Å². The fourth-order valence-corrected chi connectivity index (χ4v) is 2.64. The van der Waals surface area contributed by atoms with E-state index in [1.54, 1.807) is 29.3 Å². The van der Waals surface area contributed by atoms with Crippen LogP contribution in [0.3, 0.4) is 0 Å². The second-order valence-corrected chi connectivity index (χ2v) is 5.34. The summed E-state index contributed by atoms with van der Waals surface area (Å²) in [5.41, 5.74) is 1.39. The zero-order valence-electron chi connectivity index (χ0n) is 12.3. The third-order valence-electron chi connectivity index (χ3n) is 3.82. The number of amides is 1. The highest BCUT2D eigenvalue weighted by molar-refractivity contribution is 6.01. The first-order chi connectivity index (χ1) is 10.8. The highest BCUT2D eigenvalue weighted by Crippen LogP contribution is 2.14. The van der Waals surface area contributed by atoms with Gasteiger partial charge in [-0.25, -0.2) is 0 Å². The predicted molar refractivity (Wildman–Crippen MR) is 85.7 cm³/mol. The van der Waals surface area contributed by atoms with Crippen molar-refractivity contribution in [2.45, 2.75) is 12.8 Å². The van der Waals surface area contributed by atoms with Crippen LogP contribution in [0.25, 0.3) is 6.08 Å².